The molecule has 7 atom stereocenters. The summed E-state index contributed by atoms with van der Waals surface area (Å²) in [7, 11) is 0. The maximum Gasteiger partial charge on any atom is 0.161 e. The van der Waals surface area contributed by atoms with Crippen LogP contribution < -0.4 is 0 Å². The van der Waals surface area contributed by atoms with Crippen LogP contribution in [0.4, 0.5) is 0 Å². The van der Waals surface area contributed by atoms with Gasteiger partial charge in [0.25, 0.3) is 0 Å². The molecule has 2 saturated carbocycles. The van der Waals surface area contributed by atoms with E-state index in [0.717, 1.165) is 18.4 Å². The van der Waals surface area contributed by atoms with E-state index in [1.54, 1.807) is 0 Å². The molecule has 4 rings (SSSR count). The molecule has 26 heavy (non-hydrogen) atoms. The number of aliphatic hydroxyl groups is 1. The highest BCUT2D eigenvalue weighted by Gasteiger charge is 2.67. The molecule has 4 heteroatoms. The molecule has 2 fully saturated rings. The second-order valence-electron chi connectivity index (χ2n) is 9.59. The van der Waals surface area contributed by atoms with Gasteiger partial charge in [0.1, 0.15) is 5.60 Å². The molecule has 0 bridgehead atoms. The molecule has 1 unspecified atom stereocenters. The molecule has 0 spiro atoms. The van der Waals surface area contributed by atoms with Gasteiger partial charge in [0.05, 0.1) is 0 Å². The fourth-order valence-corrected chi connectivity index (χ4v) is 7.83. The molecule has 142 valence electrons. The number of halogens is 1. The van der Waals surface area contributed by atoms with Crippen molar-refractivity contribution in [2.45, 2.75) is 70.8 Å². The van der Waals surface area contributed by atoms with Crippen molar-refractivity contribution in [1.82, 2.24) is 0 Å². The number of carbonyl (C=O) groups excluding carboxylic acids is 2. The highest BCUT2D eigenvalue weighted by atomic mass is 35.5. The van der Waals surface area contributed by atoms with Crippen LogP contribution in [0.3, 0.4) is 0 Å². The number of hydrogen-bond acceptors (Lipinski definition) is 3. The minimum absolute atomic E-state index is 0.0952. The zero-order valence-electron chi connectivity index (χ0n) is 16.1. The van der Waals surface area contributed by atoms with Crippen molar-refractivity contribution in [3.8, 4) is 0 Å². The van der Waals surface area contributed by atoms with Crippen LogP contribution in [0.15, 0.2) is 23.3 Å². The van der Waals surface area contributed by atoms with Gasteiger partial charge in [-0.25, -0.2) is 0 Å². The third kappa shape index (κ3) is 2.10. The summed E-state index contributed by atoms with van der Waals surface area (Å²) in [5.41, 5.74) is 0.488. The second-order valence-corrected chi connectivity index (χ2v) is 10.2. The number of Topliss-reactive ketones (excluding diaryl/α,β-unsaturated/α-hetero) is 1. The third-order valence-electron chi connectivity index (χ3n) is 8.47. The first-order valence-electron chi connectivity index (χ1n) is 9.86. The molecule has 0 aromatic carbocycles. The molecular formula is C22H29ClO3. The summed E-state index contributed by atoms with van der Waals surface area (Å²) in [4.78, 5) is 24.4. The Hall–Kier alpha value is -0.930. The van der Waals surface area contributed by atoms with Crippen LogP contribution >= 0.6 is 11.6 Å². The third-order valence-corrected chi connectivity index (χ3v) is 8.89. The van der Waals surface area contributed by atoms with Crippen LogP contribution in [0.2, 0.25) is 0 Å². The largest absolute Gasteiger partial charge is 0.382 e. The summed E-state index contributed by atoms with van der Waals surface area (Å²) in [6.45, 7) is 7.95. The standard InChI is InChI=1S/C22H29ClO3/c1-12-9-15-16-6-8-22(26,13(2)24)21(16,4)11-18(23)19(15)20(3)7-5-14(25)10-17(12)20/h9-10,15-16,18-19,26H,5-8,11H2,1-4H3/t15-,16-,18?,19+,20-,21-,22-/m0/s1. The fourth-order valence-electron chi connectivity index (χ4n) is 7.06. The van der Waals surface area contributed by atoms with Gasteiger partial charge in [0.2, 0.25) is 0 Å². The van der Waals surface area contributed by atoms with Crippen LogP contribution in [-0.2, 0) is 9.59 Å². The van der Waals surface area contributed by atoms with Crippen molar-refractivity contribution in [2.24, 2.45) is 28.6 Å². The van der Waals surface area contributed by atoms with E-state index in [-0.39, 0.29) is 40.1 Å². The first-order chi connectivity index (χ1) is 12.0. The van der Waals surface area contributed by atoms with Gasteiger partial charge in [0, 0.05) is 17.2 Å². The Morgan fingerprint density at radius 1 is 1.31 bits per heavy atom. The lowest BCUT2D eigenvalue weighted by Gasteiger charge is -2.59. The van der Waals surface area contributed by atoms with Crippen LogP contribution in [0.25, 0.3) is 0 Å². The number of carbonyl (C=O) groups is 2. The average Bonchev–Trinajstić information content (AvgIpc) is 2.81. The Morgan fingerprint density at radius 2 is 2.00 bits per heavy atom. The minimum atomic E-state index is -1.27. The minimum Gasteiger partial charge on any atom is -0.382 e. The van der Waals surface area contributed by atoms with Gasteiger partial charge in [-0.05, 0) is 74.3 Å². The van der Waals surface area contributed by atoms with Gasteiger partial charge >= 0.3 is 0 Å². The predicted octanol–water partition coefficient (Wildman–Crippen LogP) is 4.22. The van der Waals surface area contributed by atoms with E-state index >= 15 is 0 Å². The first-order valence-corrected chi connectivity index (χ1v) is 10.3. The first kappa shape index (κ1) is 18.4. The van der Waals surface area contributed by atoms with E-state index in [9.17, 15) is 14.7 Å². The summed E-state index contributed by atoms with van der Waals surface area (Å²) in [5.74, 6) is 0.834. The fraction of sp³-hybridized carbons (Fsp3) is 0.727. The maximum absolute atomic E-state index is 12.3. The summed E-state index contributed by atoms with van der Waals surface area (Å²) in [6, 6.07) is 0. The Balaban J connectivity index is 1.85. The van der Waals surface area contributed by atoms with Crippen molar-refractivity contribution in [1.29, 1.82) is 0 Å². The molecule has 4 aliphatic carbocycles. The average molecular weight is 377 g/mol. The molecular weight excluding hydrogens is 348 g/mol. The molecule has 0 aromatic rings. The molecule has 0 heterocycles. The summed E-state index contributed by atoms with van der Waals surface area (Å²) in [6.07, 6.45) is 7.59. The topological polar surface area (TPSA) is 54.4 Å². The smallest absolute Gasteiger partial charge is 0.161 e. The SMILES string of the molecule is CC(=O)[C@@]1(O)CC[C@H]2[C@@H]3C=C(C)C4=CC(=O)CC[C@]4(C)[C@H]3C(Cl)C[C@@]21C. The van der Waals surface area contributed by atoms with Crippen molar-refractivity contribution in [3.05, 3.63) is 23.3 Å². The zero-order valence-corrected chi connectivity index (χ0v) is 16.9. The van der Waals surface area contributed by atoms with Gasteiger partial charge in [-0.15, -0.1) is 11.6 Å². The van der Waals surface area contributed by atoms with Crippen LogP contribution in [0, 0.1) is 28.6 Å². The molecule has 0 radical (unpaired) electrons. The molecule has 0 amide bonds. The van der Waals surface area contributed by atoms with E-state index < -0.39 is 11.0 Å². The van der Waals surface area contributed by atoms with Gasteiger partial charge in [-0.1, -0.05) is 25.5 Å². The lowest BCUT2D eigenvalue weighted by atomic mass is 9.47. The van der Waals surface area contributed by atoms with Gasteiger partial charge < -0.3 is 5.11 Å². The lowest BCUT2D eigenvalue weighted by Crippen LogP contribution is -2.59. The van der Waals surface area contributed by atoms with Gasteiger partial charge in [-0.2, -0.15) is 0 Å². The molecule has 0 aromatic heterocycles. The highest BCUT2D eigenvalue weighted by Crippen LogP contribution is 2.67. The van der Waals surface area contributed by atoms with E-state index in [1.807, 2.05) is 6.08 Å². The Labute approximate surface area is 160 Å². The number of fused-ring (bicyclic) bond motifs is 5. The predicted molar refractivity (Wildman–Crippen MR) is 102 cm³/mol. The number of allylic oxidation sites excluding steroid dienone is 4. The van der Waals surface area contributed by atoms with Crippen LogP contribution in [-0.4, -0.2) is 27.7 Å². The quantitative estimate of drug-likeness (QED) is 0.697. The molecule has 1 N–H and O–H groups in total. The molecule has 3 nitrogen and oxygen atoms in total. The number of alkyl halides is 1. The highest BCUT2D eigenvalue weighted by molar-refractivity contribution is 6.21. The molecule has 0 aliphatic heterocycles. The summed E-state index contributed by atoms with van der Waals surface area (Å²) in [5, 5.41) is 11.1. The normalized spacial score (nSPS) is 50.3. The van der Waals surface area contributed by atoms with Crippen molar-refractivity contribution >= 4 is 23.2 Å². The van der Waals surface area contributed by atoms with Gasteiger partial charge in [0.15, 0.2) is 11.6 Å². The van der Waals surface area contributed by atoms with Crippen molar-refractivity contribution in [2.75, 3.05) is 0 Å². The number of ketones is 2. The Morgan fingerprint density at radius 3 is 2.65 bits per heavy atom. The monoisotopic (exact) mass is 376 g/mol. The number of hydrogen-bond donors (Lipinski definition) is 1. The van der Waals surface area contributed by atoms with E-state index in [4.69, 9.17) is 11.6 Å². The maximum atomic E-state index is 12.3. The van der Waals surface area contributed by atoms with Crippen molar-refractivity contribution in [3.63, 3.8) is 0 Å². The molecule has 0 saturated heterocycles. The van der Waals surface area contributed by atoms with Crippen LogP contribution in [0.1, 0.15) is 59.8 Å². The van der Waals surface area contributed by atoms with E-state index in [0.29, 0.717) is 19.3 Å². The van der Waals surface area contributed by atoms with Crippen LogP contribution in [0.5, 0.6) is 0 Å². The number of rotatable bonds is 1. The molecule has 4 aliphatic rings. The zero-order chi connectivity index (χ0) is 19.1. The lowest BCUT2D eigenvalue weighted by molar-refractivity contribution is -0.156. The Kier molecular flexibility index (Phi) is 3.93. The van der Waals surface area contributed by atoms with E-state index in [2.05, 4.69) is 26.8 Å². The Bertz CT molecular complexity index is 752. The second kappa shape index (κ2) is 5.54. The van der Waals surface area contributed by atoms with E-state index in [1.165, 1.54) is 12.5 Å². The van der Waals surface area contributed by atoms with Crippen molar-refractivity contribution < 1.29 is 14.7 Å². The van der Waals surface area contributed by atoms with Gasteiger partial charge in [-0.3, -0.25) is 9.59 Å². The summed E-state index contributed by atoms with van der Waals surface area (Å²) >= 11 is 7.01. The summed E-state index contributed by atoms with van der Waals surface area (Å²) < 4.78 is 0.